The fourth-order valence-corrected chi connectivity index (χ4v) is 7.24. The summed E-state index contributed by atoms with van der Waals surface area (Å²) in [6.07, 6.45) is 64.6. The Labute approximate surface area is 389 Å². The van der Waals surface area contributed by atoms with E-state index in [0.717, 1.165) is 77.0 Å². The van der Waals surface area contributed by atoms with Crippen molar-refractivity contribution in [2.45, 2.75) is 258 Å². The zero-order chi connectivity index (χ0) is 45.8. The van der Waals surface area contributed by atoms with E-state index in [-0.39, 0.29) is 37.5 Å². The molecule has 0 N–H and O–H groups in total. The largest absolute Gasteiger partial charge is 0.462 e. The summed E-state index contributed by atoms with van der Waals surface area (Å²) in [4.78, 5) is 38.0. The monoisotopic (exact) mass is 879 g/mol. The van der Waals surface area contributed by atoms with E-state index in [9.17, 15) is 14.4 Å². The first-order valence-electron chi connectivity index (χ1n) is 26.4. The minimum Gasteiger partial charge on any atom is -0.462 e. The molecule has 0 aliphatic carbocycles. The highest BCUT2D eigenvalue weighted by molar-refractivity contribution is 5.71. The van der Waals surface area contributed by atoms with E-state index in [1.165, 1.54) is 128 Å². The van der Waals surface area contributed by atoms with Gasteiger partial charge in [0.15, 0.2) is 6.10 Å². The lowest BCUT2D eigenvalue weighted by atomic mass is 10.1. The summed E-state index contributed by atoms with van der Waals surface area (Å²) in [6.45, 7) is 6.47. The molecule has 0 bridgehead atoms. The second-order valence-corrected chi connectivity index (χ2v) is 17.4. The second kappa shape index (κ2) is 51.5. The predicted molar refractivity (Wildman–Crippen MR) is 270 cm³/mol. The number of ether oxygens (including phenoxy) is 3. The van der Waals surface area contributed by atoms with Crippen molar-refractivity contribution in [3.63, 3.8) is 0 Å². The van der Waals surface area contributed by atoms with Gasteiger partial charge >= 0.3 is 17.9 Å². The van der Waals surface area contributed by atoms with Crippen LogP contribution in [0, 0.1) is 0 Å². The quantitative estimate of drug-likeness (QED) is 0.0262. The van der Waals surface area contributed by atoms with Crippen LogP contribution in [0.4, 0.5) is 0 Å². The topological polar surface area (TPSA) is 78.9 Å². The standard InChI is InChI=1S/C57H98O6/c1-4-7-10-13-16-19-22-24-26-28-30-32-35-38-41-44-47-50-56(59)62-53-54(52-61-55(58)49-46-43-40-37-34-21-18-15-12-9-6-3)63-57(60)51-48-45-42-39-36-33-31-29-27-25-23-20-17-14-11-8-5-2/h8,11,17,20,24-27,31,33,39,42,54H,4-7,9-10,12-16,18-19,21-23,28-30,32,34-38,40-41,43-53H2,1-3H3/b11-8-,20-17-,26-24-,27-25-,33-31-,42-39-/t54-/m0/s1. The van der Waals surface area contributed by atoms with Gasteiger partial charge in [0, 0.05) is 19.3 Å². The minimum absolute atomic E-state index is 0.0976. The molecule has 6 nitrogen and oxygen atoms in total. The Morgan fingerprint density at radius 2 is 0.635 bits per heavy atom. The van der Waals surface area contributed by atoms with Crippen LogP contribution in [0.2, 0.25) is 0 Å². The van der Waals surface area contributed by atoms with E-state index >= 15 is 0 Å². The molecule has 0 fully saturated rings. The number of carbonyl (C=O) groups excluding carboxylic acids is 3. The molecule has 0 saturated heterocycles. The van der Waals surface area contributed by atoms with Crippen LogP contribution in [0.3, 0.4) is 0 Å². The summed E-state index contributed by atoms with van der Waals surface area (Å²) < 4.78 is 16.7. The first kappa shape index (κ1) is 59.9. The Bertz CT molecular complexity index is 1190. The van der Waals surface area contributed by atoms with Gasteiger partial charge in [-0.3, -0.25) is 14.4 Å². The van der Waals surface area contributed by atoms with Crippen molar-refractivity contribution in [1.82, 2.24) is 0 Å². The molecule has 0 aliphatic rings. The molecule has 0 unspecified atom stereocenters. The summed E-state index contributed by atoms with van der Waals surface area (Å²) in [7, 11) is 0. The molecule has 0 heterocycles. The normalized spacial score (nSPS) is 12.6. The zero-order valence-electron chi connectivity index (χ0n) is 41.3. The average molecular weight is 879 g/mol. The second-order valence-electron chi connectivity index (χ2n) is 17.4. The highest BCUT2D eigenvalue weighted by atomic mass is 16.6. The maximum atomic E-state index is 12.8. The van der Waals surface area contributed by atoms with Crippen LogP contribution in [0.25, 0.3) is 0 Å². The number of unbranched alkanes of at least 4 members (excludes halogenated alkanes) is 24. The van der Waals surface area contributed by atoms with Crippen molar-refractivity contribution >= 4 is 17.9 Å². The number of allylic oxidation sites excluding steroid dienone is 12. The van der Waals surface area contributed by atoms with Gasteiger partial charge < -0.3 is 14.2 Å². The molecule has 6 heteroatoms. The number of carbonyl (C=O) groups is 3. The van der Waals surface area contributed by atoms with Gasteiger partial charge in [-0.05, 0) is 83.5 Å². The van der Waals surface area contributed by atoms with Crippen LogP contribution in [-0.4, -0.2) is 37.2 Å². The molecular formula is C57H98O6. The molecule has 0 radical (unpaired) electrons. The molecule has 0 aromatic carbocycles. The SMILES string of the molecule is CC/C=C\C/C=C\C/C=C\C/C=C\C/C=C\CCCC(=O)O[C@H](COC(=O)CCCCCCCCC/C=C\CCCCCCCC)COC(=O)CCCCCCCCCCCCC. The summed E-state index contributed by atoms with van der Waals surface area (Å²) >= 11 is 0. The van der Waals surface area contributed by atoms with Gasteiger partial charge in [0.25, 0.3) is 0 Å². The number of rotatable bonds is 47. The molecule has 0 aromatic heterocycles. The van der Waals surface area contributed by atoms with Gasteiger partial charge in [-0.15, -0.1) is 0 Å². The molecule has 0 rings (SSSR count). The minimum atomic E-state index is -0.804. The van der Waals surface area contributed by atoms with Crippen molar-refractivity contribution in [3.05, 3.63) is 72.9 Å². The fourth-order valence-electron chi connectivity index (χ4n) is 7.24. The molecule has 1 atom stereocenters. The van der Waals surface area contributed by atoms with E-state index in [4.69, 9.17) is 14.2 Å². The lowest BCUT2D eigenvalue weighted by Gasteiger charge is -2.18. The average Bonchev–Trinajstić information content (AvgIpc) is 3.28. The Kier molecular flexibility index (Phi) is 48.9. The molecule has 63 heavy (non-hydrogen) atoms. The van der Waals surface area contributed by atoms with Gasteiger partial charge in [-0.1, -0.05) is 222 Å². The Hall–Kier alpha value is -3.15. The summed E-state index contributed by atoms with van der Waals surface area (Å²) in [6, 6.07) is 0. The number of hydrogen-bond donors (Lipinski definition) is 0. The van der Waals surface area contributed by atoms with Crippen LogP contribution < -0.4 is 0 Å². The lowest BCUT2D eigenvalue weighted by Crippen LogP contribution is -2.30. The van der Waals surface area contributed by atoms with Crippen molar-refractivity contribution in [2.75, 3.05) is 13.2 Å². The van der Waals surface area contributed by atoms with E-state index in [2.05, 4.69) is 93.7 Å². The number of esters is 3. The molecule has 362 valence electrons. The molecule has 0 aliphatic heterocycles. The lowest BCUT2D eigenvalue weighted by molar-refractivity contribution is -0.167. The Balaban J connectivity index is 4.45. The summed E-state index contributed by atoms with van der Waals surface area (Å²) in [5.74, 6) is -0.958. The third-order valence-corrected chi connectivity index (χ3v) is 11.2. The maximum Gasteiger partial charge on any atom is 0.306 e. The zero-order valence-corrected chi connectivity index (χ0v) is 41.3. The van der Waals surface area contributed by atoms with E-state index < -0.39 is 6.10 Å². The molecule has 0 spiro atoms. The van der Waals surface area contributed by atoms with Gasteiger partial charge in [0.2, 0.25) is 0 Å². The third kappa shape index (κ3) is 49.7. The van der Waals surface area contributed by atoms with Crippen LogP contribution >= 0.6 is 0 Å². The van der Waals surface area contributed by atoms with Crippen LogP contribution in [0.15, 0.2) is 72.9 Å². The van der Waals surface area contributed by atoms with Crippen molar-refractivity contribution in [2.24, 2.45) is 0 Å². The molecule has 0 amide bonds. The first-order chi connectivity index (χ1) is 31.0. The Morgan fingerprint density at radius 1 is 0.333 bits per heavy atom. The van der Waals surface area contributed by atoms with Gasteiger partial charge in [-0.2, -0.15) is 0 Å². The van der Waals surface area contributed by atoms with Crippen molar-refractivity contribution in [1.29, 1.82) is 0 Å². The van der Waals surface area contributed by atoms with Crippen LogP contribution in [0.5, 0.6) is 0 Å². The van der Waals surface area contributed by atoms with Crippen molar-refractivity contribution in [3.8, 4) is 0 Å². The van der Waals surface area contributed by atoms with Crippen LogP contribution in [0.1, 0.15) is 252 Å². The summed E-state index contributed by atoms with van der Waals surface area (Å²) in [5.41, 5.74) is 0. The summed E-state index contributed by atoms with van der Waals surface area (Å²) in [5, 5.41) is 0. The van der Waals surface area contributed by atoms with Crippen molar-refractivity contribution < 1.29 is 28.6 Å². The van der Waals surface area contributed by atoms with Gasteiger partial charge in [0.1, 0.15) is 13.2 Å². The Morgan fingerprint density at radius 3 is 1.03 bits per heavy atom. The highest BCUT2D eigenvalue weighted by Crippen LogP contribution is 2.14. The van der Waals surface area contributed by atoms with Gasteiger partial charge in [0.05, 0.1) is 0 Å². The molecular weight excluding hydrogens is 781 g/mol. The highest BCUT2D eigenvalue weighted by Gasteiger charge is 2.19. The maximum absolute atomic E-state index is 12.8. The third-order valence-electron chi connectivity index (χ3n) is 11.2. The smallest absolute Gasteiger partial charge is 0.306 e. The van der Waals surface area contributed by atoms with E-state index in [0.29, 0.717) is 19.3 Å². The fraction of sp³-hybridized carbons (Fsp3) is 0.737. The predicted octanol–water partition coefficient (Wildman–Crippen LogP) is 17.4. The van der Waals surface area contributed by atoms with E-state index in [1.54, 1.807) is 0 Å². The first-order valence-corrected chi connectivity index (χ1v) is 26.4. The van der Waals surface area contributed by atoms with E-state index in [1.807, 2.05) is 0 Å². The van der Waals surface area contributed by atoms with Gasteiger partial charge in [-0.25, -0.2) is 0 Å². The molecule has 0 aromatic rings. The van der Waals surface area contributed by atoms with Crippen LogP contribution in [-0.2, 0) is 28.6 Å². The number of hydrogen-bond acceptors (Lipinski definition) is 6. The molecule has 0 saturated carbocycles.